The van der Waals surface area contributed by atoms with E-state index in [1.54, 1.807) is 0 Å². The first-order chi connectivity index (χ1) is 7.72. The number of esters is 1. The first-order valence-corrected chi connectivity index (χ1v) is 5.56. The van der Waals surface area contributed by atoms with Gasteiger partial charge in [-0.25, -0.2) is 0 Å². The summed E-state index contributed by atoms with van der Waals surface area (Å²) in [6, 6.07) is 7.61. The second kappa shape index (κ2) is 7.04. The molecule has 0 aliphatic heterocycles. The van der Waals surface area contributed by atoms with Crippen molar-refractivity contribution in [3.8, 4) is 12.3 Å². The standard InChI is InChI=1S/C12H12BrNO2/c1-2-6-14-8-12(15)16-9-10-4-3-5-11(13)7-10/h1,3-5,7,14H,6,8-9H2. The Morgan fingerprint density at radius 3 is 3.06 bits per heavy atom. The summed E-state index contributed by atoms with van der Waals surface area (Å²) in [6.07, 6.45) is 5.03. The third kappa shape index (κ3) is 4.96. The molecule has 0 atom stereocenters. The van der Waals surface area contributed by atoms with Gasteiger partial charge in [-0.15, -0.1) is 6.42 Å². The molecule has 4 heteroatoms. The quantitative estimate of drug-likeness (QED) is 0.507. The van der Waals surface area contributed by atoms with Crippen molar-refractivity contribution in [3.63, 3.8) is 0 Å². The number of terminal acetylenes is 1. The molecule has 0 aromatic heterocycles. The fourth-order valence-corrected chi connectivity index (χ4v) is 1.52. The molecule has 0 amide bonds. The van der Waals surface area contributed by atoms with Crippen LogP contribution in [0.2, 0.25) is 0 Å². The van der Waals surface area contributed by atoms with Crippen molar-refractivity contribution in [3.05, 3.63) is 34.3 Å². The largest absolute Gasteiger partial charge is 0.460 e. The molecule has 0 bridgehead atoms. The van der Waals surface area contributed by atoms with E-state index in [9.17, 15) is 4.79 Å². The molecule has 0 aliphatic carbocycles. The molecule has 1 N–H and O–H groups in total. The summed E-state index contributed by atoms with van der Waals surface area (Å²) in [5.74, 6) is 2.07. The molecule has 0 fully saturated rings. The molecule has 1 aromatic rings. The van der Waals surface area contributed by atoms with Crippen LogP contribution in [0.5, 0.6) is 0 Å². The van der Waals surface area contributed by atoms with Crippen molar-refractivity contribution in [2.45, 2.75) is 6.61 Å². The van der Waals surface area contributed by atoms with Gasteiger partial charge in [-0.2, -0.15) is 0 Å². The Hall–Kier alpha value is -1.31. The molecule has 1 aromatic carbocycles. The maximum Gasteiger partial charge on any atom is 0.320 e. The van der Waals surface area contributed by atoms with Crippen molar-refractivity contribution in [2.75, 3.05) is 13.1 Å². The van der Waals surface area contributed by atoms with Crippen LogP contribution >= 0.6 is 15.9 Å². The number of nitrogens with one attached hydrogen (secondary N) is 1. The minimum absolute atomic E-state index is 0.137. The Balaban J connectivity index is 2.29. The average molecular weight is 282 g/mol. The van der Waals surface area contributed by atoms with E-state index >= 15 is 0 Å². The number of benzene rings is 1. The second-order valence-electron chi connectivity index (χ2n) is 3.10. The van der Waals surface area contributed by atoms with Gasteiger partial charge >= 0.3 is 5.97 Å². The lowest BCUT2D eigenvalue weighted by Gasteiger charge is -2.05. The molecular formula is C12H12BrNO2. The second-order valence-corrected chi connectivity index (χ2v) is 4.01. The van der Waals surface area contributed by atoms with Crippen LogP contribution in [-0.4, -0.2) is 19.1 Å². The highest BCUT2D eigenvalue weighted by molar-refractivity contribution is 9.10. The summed E-state index contributed by atoms with van der Waals surface area (Å²) in [4.78, 5) is 11.2. The molecule has 0 saturated heterocycles. The number of carbonyl (C=O) groups excluding carboxylic acids is 1. The van der Waals surface area contributed by atoms with Crippen molar-refractivity contribution in [1.29, 1.82) is 0 Å². The summed E-state index contributed by atoms with van der Waals surface area (Å²) in [5, 5.41) is 2.76. The van der Waals surface area contributed by atoms with Gasteiger partial charge in [0.05, 0.1) is 13.1 Å². The van der Waals surface area contributed by atoms with Gasteiger partial charge in [0.25, 0.3) is 0 Å². The van der Waals surface area contributed by atoms with Crippen LogP contribution in [0.25, 0.3) is 0 Å². The molecule has 0 unspecified atom stereocenters. The Morgan fingerprint density at radius 1 is 1.56 bits per heavy atom. The Morgan fingerprint density at radius 2 is 2.38 bits per heavy atom. The number of halogens is 1. The van der Waals surface area contributed by atoms with Crippen LogP contribution in [-0.2, 0) is 16.1 Å². The Bertz CT molecular complexity index is 398. The van der Waals surface area contributed by atoms with Crippen LogP contribution in [0, 0.1) is 12.3 Å². The third-order valence-electron chi connectivity index (χ3n) is 1.79. The van der Waals surface area contributed by atoms with Gasteiger partial charge in [0.15, 0.2) is 0 Å². The zero-order valence-electron chi connectivity index (χ0n) is 8.70. The van der Waals surface area contributed by atoms with Gasteiger partial charge < -0.3 is 4.74 Å². The van der Waals surface area contributed by atoms with E-state index < -0.39 is 0 Å². The summed E-state index contributed by atoms with van der Waals surface area (Å²) in [6.45, 7) is 0.778. The van der Waals surface area contributed by atoms with Crippen molar-refractivity contribution in [2.24, 2.45) is 0 Å². The minimum Gasteiger partial charge on any atom is -0.460 e. The fourth-order valence-electron chi connectivity index (χ4n) is 1.08. The smallest absolute Gasteiger partial charge is 0.320 e. The van der Waals surface area contributed by atoms with Crippen LogP contribution in [0.3, 0.4) is 0 Å². The molecular weight excluding hydrogens is 270 g/mol. The monoisotopic (exact) mass is 281 g/mol. The number of hydrogen-bond acceptors (Lipinski definition) is 3. The Labute approximate surface area is 103 Å². The van der Waals surface area contributed by atoms with Gasteiger partial charge in [-0.05, 0) is 17.7 Å². The predicted octanol–water partition coefficient (Wildman–Crippen LogP) is 1.72. The number of carbonyl (C=O) groups is 1. The highest BCUT2D eigenvalue weighted by Crippen LogP contribution is 2.12. The lowest BCUT2D eigenvalue weighted by atomic mass is 10.2. The lowest BCUT2D eigenvalue weighted by molar-refractivity contribution is -0.143. The highest BCUT2D eigenvalue weighted by Gasteiger charge is 2.02. The zero-order chi connectivity index (χ0) is 11.8. The van der Waals surface area contributed by atoms with E-state index in [4.69, 9.17) is 11.2 Å². The van der Waals surface area contributed by atoms with E-state index in [1.165, 1.54) is 0 Å². The Kier molecular flexibility index (Phi) is 5.62. The highest BCUT2D eigenvalue weighted by atomic mass is 79.9. The summed E-state index contributed by atoms with van der Waals surface area (Å²) < 4.78 is 6.00. The van der Waals surface area contributed by atoms with Gasteiger partial charge in [0.1, 0.15) is 6.61 Å². The zero-order valence-corrected chi connectivity index (χ0v) is 10.3. The maximum absolute atomic E-state index is 11.2. The van der Waals surface area contributed by atoms with Crippen molar-refractivity contribution >= 4 is 21.9 Å². The average Bonchev–Trinajstić information content (AvgIpc) is 2.27. The number of hydrogen-bond donors (Lipinski definition) is 1. The van der Waals surface area contributed by atoms with E-state index in [0.717, 1.165) is 10.0 Å². The third-order valence-corrected chi connectivity index (χ3v) is 2.28. The van der Waals surface area contributed by atoms with Gasteiger partial charge in [-0.1, -0.05) is 34.0 Å². The number of ether oxygens (including phenoxy) is 1. The summed E-state index contributed by atoms with van der Waals surface area (Å²) in [7, 11) is 0. The topological polar surface area (TPSA) is 38.3 Å². The first kappa shape index (κ1) is 12.8. The maximum atomic E-state index is 11.2. The van der Waals surface area contributed by atoms with E-state index in [2.05, 4.69) is 27.2 Å². The molecule has 1 rings (SSSR count). The normalized spacial score (nSPS) is 9.50. The van der Waals surface area contributed by atoms with Crippen molar-refractivity contribution < 1.29 is 9.53 Å². The van der Waals surface area contributed by atoms with Crippen LogP contribution < -0.4 is 5.32 Å². The molecule has 0 spiro atoms. The van der Waals surface area contributed by atoms with Gasteiger partial charge in [-0.3, -0.25) is 10.1 Å². The van der Waals surface area contributed by atoms with Gasteiger partial charge in [0, 0.05) is 4.47 Å². The van der Waals surface area contributed by atoms with Gasteiger partial charge in [0.2, 0.25) is 0 Å². The summed E-state index contributed by atoms with van der Waals surface area (Å²) >= 11 is 3.35. The minimum atomic E-state index is -0.310. The van der Waals surface area contributed by atoms with E-state index in [1.807, 2.05) is 24.3 Å². The van der Waals surface area contributed by atoms with Crippen molar-refractivity contribution in [1.82, 2.24) is 5.32 Å². The molecule has 0 aliphatic rings. The van der Waals surface area contributed by atoms with Crippen LogP contribution in [0.15, 0.2) is 28.7 Å². The fraction of sp³-hybridized carbons (Fsp3) is 0.250. The molecule has 0 radical (unpaired) electrons. The lowest BCUT2D eigenvalue weighted by Crippen LogP contribution is -2.24. The first-order valence-electron chi connectivity index (χ1n) is 4.76. The SMILES string of the molecule is C#CCNCC(=O)OCc1cccc(Br)c1. The number of rotatable bonds is 5. The molecule has 16 heavy (non-hydrogen) atoms. The molecule has 0 saturated carbocycles. The van der Waals surface area contributed by atoms with Crippen LogP contribution in [0.4, 0.5) is 0 Å². The summed E-state index contributed by atoms with van der Waals surface area (Å²) in [5.41, 5.74) is 0.944. The molecule has 0 heterocycles. The molecule has 84 valence electrons. The van der Waals surface area contributed by atoms with E-state index in [0.29, 0.717) is 6.54 Å². The predicted molar refractivity (Wildman–Crippen MR) is 65.6 cm³/mol. The van der Waals surface area contributed by atoms with E-state index in [-0.39, 0.29) is 19.1 Å². The van der Waals surface area contributed by atoms with Crippen LogP contribution in [0.1, 0.15) is 5.56 Å². The molecule has 3 nitrogen and oxygen atoms in total.